The van der Waals surface area contributed by atoms with Crippen molar-refractivity contribution in [3.05, 3.63) is 94.8 Å². The molecular formula is C25H22F2N4O2. The lowest BCUT2D eigenvalue weighted by Crippen LogP contribution is -2.26. The molecule has 0 spiro atoms. The second kappa shape index (κ2) is 9.20. The zero-order valence-corrected chi connectivity index (χ0v) is 18.2. The third kappa shape index (κ3) is 4.90. The summed E-state index contributed by atoms with van der Waals surface area (Å²) in [4.78, 5) is 29.3. The number of carbonyl (C=O) groups excluding carboxylic acids is 2. The predicted octanol–water partition coefficient (Wildman–Crippen LogP) is 4.38. The molecule has 1 aromatic heterocycles. The molecule has 4 rings (SSSR count). The van der Waals surface area contributed by atoms with Gasteiger partial charge in [-0.3, -0.25) is 9.59 Å². The molecular weight excluding hydrogens is 426 g/mol. The summed E-state index contributed by atoms with van der Waals surface area (Å²) in [6, 6.07) is 15.1. The van der Waals surface area contributed by atoms with Gasteiger partial charge in [-0.25, -0.2) is 13.8 Å². The average molecular weight is 448 g/mol. The first-order valence-electron chi connectivity index (χ1n) is 10.4. The molecule has 0 aliphatic heterocycles. The molecule has 3 aromatic carbocycles. The Bertz CT molecular complexity index is 1350. The number of amides is 2. The largest absolute Gasteiger partial charge is 0.352 e. The topological polar surface area (TPSA) is 76.0 Å². The van der Waals surface area contributed by atoms with E-state index in [1.54, 1.807) is 31.2 Å². The standard InChI is InChI=1S/C25H22F2N4O2/c1-15-3-4-17(13-20(15)27)24(32)28-12-11-23-30-21-14-19(9-10-22(21)31(23)2)29-25(33)16-5-7-18(26)8-6-16/h3-10,13-14H,11-12H2,1-2H3,(H,28,32)(H,29,33). The molecule has 4 aromatic rings. The van der Waals surface area contributed by atoms with E-state index in [9.17, 15) is 18.4 Å². The van der Waals surface area contributed by atoms with Crippen LogP contribution in [-0.4, -0.2) is 27.9 Å². The molecule has 0 bridgehead atoms. The smallest absolute Gasteiger partial charge is 0.255 e. The molecule has 168 valence electrons. The van der Waals surface area contributed by atoms with Gasteiger partial charge in [-0.1, -0.05) is 6.07 Å². The van der Waals surface area contributed by atoms with E-state index in [0.29, 0.717) is 35.3 Å². The highest BCUT2D eigenvalue weighted by atomic mass is 19.1. The molecule has 0 fully saturated rings. The molecule has 0 radical (unpaired) electrons. The van der Waals surface area contributed by atoms with Crippen molar-refractivity contribution >= 4 is 28.5 Å². The maximum absolute atomic E-state index is 13.7. The molecule has 8 heteroatoms. The van der Waals surface area contributed by atoms with Crippen LogP contribution < -0.4 is 10.6 Å². The molecule has 0 saturated heterocycles. The summed E-state index contributed by atoms with van der Waals surface area (Å²) < 4.78 is 28.7. The molecule has 0 saturated carbocycles. The monoisotopic (exact) mass is 448 g/mol. The molecule has 33 heavy (non-hydrogen) atoms. The fraction of sp³-hybridized carbons (Fsp3) is 0.160. The number of benzene rings is 3. The van der Waals surface area contributed by atoms with Crippen molar-refractivity contribution in [2.24, 2.45) is 7.05 Å². The van der Waals surface area contributed by atoms with Gasteiger partial charge in [0.2, 0.25) is 0 Å². The number of nitrogens with one attached hydrogen (secondary N) is 2. The number of carbonyl (C=O) groups is 2. The lowest BCUT2D eigenvalue weighted by Gasteiger charge is -2.07. The van der Waals surface area contributed by atoms with Gasteiger partial charge in [0.15, 0.2) is 0 Å². The van der Waals surface area contributed by atoms with E-state index in [1.807, 2.05) is 17.7 Å². The Morgan fingerprint density at radius 2 is 1.67 bits per heavy atom. The van der Waals surface area contributed by atoms with Gasteiger partial charge in [-0.05, 0) is 67.1 Å². The van der Waals surface area contributed by atoms with Crippen molar-refractivity contribution in [2.45, 2.75) is 13.3 Å². The van der Waals surface area contributed by atoms with Crippen LogP contribution in [0.25, 0.3) is 11.0 Å². The number of fused-ring (bicyclic) bond motifs is 1. The Labute approximate surface area is 189 Å². The SMILES string of the molecule is Cc1ccc(C(=O)NCCc2nc3cc(NC(=O)c4ccc(F)cc4)ccc3n2C)cc1F. The summed E-state index contributed by atoms with van der Waals surface area (Å²) in [5, 5.41) is 5.57. The van der Waals surface area contributed by atoms with Gasteiger partial charge in [0.1, 0.15) is 17.5 Å². The highest BCUT2D eigenvalue weighted by molar-refractivity contribution is 6.05. The Morgan fingerprint density at radius 1 is 0.939 bits per heavy atom. The summed E-state index contributed by atoms with van der Waals surface area (Å²) in [7, 11) is 1.87. The van der Waals surface area contributed by atoms with Crippen LogP contribution in [-0.2, 0) is 13.5 Å². The summed E-state index contributed by atoms with van der Waals surface area (Å²) in [6.07, 6.45) is 0.475. The van der Waals surface area contributed by atoms with E-state index in [-0.39, 0.29) is 17.4 Å². The summed E-state index contributed by atoms with van der Waals surface area (Å²) in [6.45, 7) is 1.97. The van der Waals surface area contributed by atoms with Crippen LogP contribution in [0.1, 0.15) is 32.1 Å². The minimum atomic E-state index is -0.416. The fourth-order valence-electron chi connectivity index (χ4n) is 3.48. The van der Waals surface area contributed by atoms with Gasteiger partial charge < -0.3 is 15.2 Å². The second-order valence-corrected chi connectivity index (χ2v) is 7.72. The zero-order chi connectivity index (χ0) is 23.5. The number of imidazole rings is 1. The normalized spacial score (nSPS) is 10.9. The number of rotatable bonds is 6. The van der Waals surface area contributed by atoms with Crippen molar-refractivity contribution in [1.82, 2.24) is 14.9 Å². The number of nitrogens with zero attached hydrogens (tertiary/aromatic N) is 2. The number of halogens is 2. The van der Waals surface area contributed by atoms with Crippen LogP contribution in [0.2, 0.25) is 0 Å². The van der Waals surface area contributed by atoms with Gasteiger partial charge in [0, 0.05) is 36.8 Å². The van der Waals surface area contributed by atoms with Crippen molar-refractivity contribution in [1.29, 1.82) is 0 Å². The molecule has 2 amide bonds. The van der Waals surface area contributed by atoms with E-state index in [2.05, 4.69) is 15.6 Å². The summed E-state index contributed by atoms with van der Waals surface area (Å²) in [5.74, 6) is -0.766. The third-order valence-electron chi connectivity index (χ3n) is 5.41. The summed E-state index contributed by atoms with van der Waals surface area (Å²) in [5.41, 5.74) is 3.23. The predicted molar refractivity (Wildman–Crippen MR) is 122 cm³/mol. The molecule has 1 heterocycles. The van der Waals surface area contributed by atoms with E-state index in [0.717, 1.165) is 11.3 Å². The Hall–Kier alpha value is -4.07. The first-order valence-corrected chi connectivity index (χ1v) is 10.4. The minimum absolute atomic E-state index is 0.268. The number of aromatic nitrogens is 2. The van der Waals surface area contributed by atoms with Gasteiger partial charge >= 0.3 is 0 Å². The Balaban J connectivity index is 1.42. The molecule has 0 aliphatic rings. The molecule has 0 atom stereocenters. The van der Waals surface area contributed by atoms with Crippen LogP contribution >= 0.6 is 0 Å². The van der Waals surface area contributed by atoms with Crippen molar-refractivity contribution < 1.29 is 18.4 Å². The molecule has 6 nitrogen and oxygen atoms in total. The van der Waals surface area contributed by atoms with Gasteiger partial charge in [0.25, 0.3) is 11.8 Å². The van der Waals surface area contributed by atoms with Crippen LogP contribution in [0.5, 0.6) is 0 Å². The van der Waals surface area contributed by atoms with Crippen molar-refractivity contribution in [2.75, 3.05) is 11.9 Å². The lowest BCUT2D eigenvalue weighted by molar-refractivity contribution is 0.0952. The number of anilines is 1. The number of aryl methyl sites for hydroxylation is 2. The third-order valence-corrected chi connectivity index (χ3v) is 5.41. The highest BCUT2D eigenvalue weighted by Crippen LogP contribution is 2.21. The molecule has 2 N–H and O–H groups in total. The van der Waals surface area contributed by atoms with E-state index in [4.69, 9.17) is 0 Å². The average Bonchev–Trinajstić information content (AvgIpc) is 3.10. The highest BCUT2D eigenvalue weighted by Gasteiger charge is 2.12. The molecule has 0 aliphatic carbocycles. The summed E-state index contributed by atoms with van der Waals surface area (Å²) >= 11 is 0. The Kier molecular flexibility index (Phi) is 6.17. The lowest BCUT2D eigenvalue weighted by atomic mass is 10.1. The van der Waals surface area contributed by atoms with Crippen LogP contribution in [0, 0.1) is 18.6 Å². The maximum atomic E-state index is 13.7. The first-order chi connectivity index (χ1) is 15.8. The minimum Gasteiger partial charge on any atom is -0.352 e. The van der Waals surface area contributed by atoms with Crippen LogP contribution in [0.4, 0.5) is 14.5 Å². The van der Waals surface area contributed by atoms with Crippen molar-refractivity contribution in [3.63, 3.8) is 0 Å². The van der Waals surface area contributed by atoms with Gasteiger partial charge in [-0.15, -0.1) is 0 Å². The van der Waals surface area contributed by atoms with E-state index >= 15 is 0 Å². The van der Waals surface area contributed by atoms with E-state index < -0.39 is 11.6 Å². The van der Waals surface area contributed by atoms with Crippen LogP contribution in [0.3, 0.4) is 0 Å². The number of hydrogen-bond donors (Lipinski definition) is 2. The first kappa shape index (κ1) is 22.1. The quantitative estimate of drug-likeness (QED) is 0.460. The fourth-order valence-corrected chi connectivity index (χ4v) is 3.48. The molecule has 0 unspecified atom stereocenters. The van der Waals surface area contributed by atoms with Crippen LogP contribution in [0.15, 0.2) is 60.7 Å². The maximum Gasteiger partial charge on any atom is 0.255 e. The zero-order valence-electron chi connectivity index (χ0n) is 18.2. The Morgan fingerprint density at radius 3 is 2.39 bits per heavy atom. The van der Waals surface area contributed by atoms with Gasteiger partial charge in [-0.2, -0.15) is 0 Å². The second-order valence-electron chi connectivity index (χ2n) is 7.72. The van der Waals surface area contributed by atoms with E-state index in [1.165, 1.54) is 30.3 Å². The van der Waals surface area contributed by atoms with Crippen molar-refractivity contribution in [3.8, 4) is 0 Å². The van der Waals surface area contributed by atoms with Gasteiger partial charge in [0.05, 0.1) is 11.0 Å². The number of hydrogen-bond acceptors (Lipinski definition) is 3.